The van der Waals surface area contributed by atoms with E-state index in [1.165, 1.54) is 20.7 Å². The van der Waals surface area contributed by atoms with E-state index in [-0.39, 0.29) is 49.9 Å². The van der Waals surface area contributed by atoms with Crippen LogP contribution in [0.25, 0.3) is 0 Å². The summed E-state index contributed by atoms with van der Waals surface area (Å²) in [6.07, 6.45) is 2.27. The zero-order valence-electron chi connectivity index (χ0n) is 18.1. The molecule has 2 aliphatic heterocycles. The zero-order chi connectivity index (χ0) is 23.7. The average molecular weight is 489 g/mol. The number of hydrogen-bond donors (Lipinski definition) is 0. The summed E-state index contributed by atoms with van der Waals surface area (Å²) in [5.41, 5.74) is -0.138. The van der Waals surface area contributed by atoms with Crippen molar-refractivity contribution in [3.05, 3.63) is 66.5 Å². The molecular formula is C22H22F2N5O4P. The number of benzene rings is 2. The van der Waals surface area contributed by atoms with Gasteiger partial charge in [0.1, 0.15) is 17.5 Å². The molecule has 3 aromatic rings. The van der Waals surface area contributed by atoms with Crippen LogP contribution in [0.5, 0.6) is 5.75 Å². The Morgan fingerprint density at radius 1 is 1.12 bits per heavy atom. The molecule has 0 radical (unpaired) electrons. The fraction of sp³-hybridized carbons (Fsp3) is 0.318. The summed E-state index contributed by atoms with van der Waals surface area (Å²) >= 11 is 0. The van der Waals surface area contributed by atoms with E-state index in [0.29, 0.717) is 5.75 Å². The first-order chi connectivity index (χ1) is 16.4. The molecule has 178 valence electrons. The van der Waals surface area contributed by atoms with Gasteiger partial charge in [0, 0.05) is 31.4 Å². The van der Waals surface area contributed by atoms with Crippen LogP contribution in [0.15, 0.2) is 54.9 Å². The Balaban J connectivity index is 1.27. The third-order valence-corrected chi connectivity index (χ3v) is 8.11. The molecule has 5 rings (SSSR count). The molecule has 0 bridgehead atoms. The van der Waals surface area contributed by atoms with Crippen LogP contribution in [0.4, 0.5) is 25.0 Å². The molecule has 0 saturated carbocycles. The number of aromatic nitrogens is 3. The molecule has 3 heterocycles. The minimum atomic E-state index is -2.96. The highest BCUT2D eigenvalue weighted by Crippen LogP contribution is 2.49. The fourth-order valence-electron chi connectivity index (χ4n) is 4.13. The first kappa shape index (κ1) is 22.3. The molecule has 1 atom stereocenters. The van der Waals surface area contributed by atoms with Gasteiger partial charge in [0.05, 0.1) is 37.3 Å². The van der Waals surface area contributed by atoms with Crippen molar-refractivity contribution in [2.75, 3.05) is 41.8 Å². The minimum Gasteiger partial charge on any atom is -0.443 e. The van der Waals surface area contributed by atoms with E-state index in [1.54, 1.807) is 30.5 Å². The monoisotopic (exact) mass is 489 g/mol. The van der Waals surface area contributed by atoms with Crippen LogP contribution in [-0.4, -0.2) is 59.1 Å². The number of halogens is 2. The third-order valence-electron chi connectivity index (χ3n) is 5.80. The van der Waals surface area contributed by atoms with E-state index in [4.69, 9.17) is 9.26 Å². The van der Waals surface area contributed by atoms with Crippen LogP contribution in [0.2, 0.25) is 0 Å². The quantitative estimate of drug-likeness (QED) is 0.487. The van der Waals surface area contributed by atoms with Crippen LogP contribution >= 0.6 is 7.37 Å². The van der Waals surface area contributed by atoms with Gasteiger partial charge in [-0.05, 0) is 12.1 Å². The molecule has 1 aromatic heterocycles. The van der Waals surface area contributed by atoms with Gasteiger partial charge in [0.25, 0.3) is 7.37 Å². The van der Waals surface area contributed by atoms with Gasteiger partial charge >= 0.3 is 6.09 Å². The van der Waals surface area contributed by atoms with Crippen LogP contribution in [0.1, 0.15) is 0 Å². The van der Waals surface area contributed by atoms with Gasteiger partial charge < -0.3 is 14.2 Å². The maximum absolute atomic E-state index is 15.0. The summed E-state index contributed by atoms with van der Waals surface area (Å²) in [5, 5.41) is 7.53. The van der Waals surface area contributed by atoms with Crippen molar-refractivity contribution in [2.24, 2.45) is 0 Å². The van der Waals surface area contributed by atoms with Gasteiger partial charge in [-0.15, -0.1) is 5.10 Å². The summed E-state index contributed by atoms with van der Waals surface area (Å²) < 4.78 is 55.6. The molecule has 2 aliphatic rings. The minimum absolute atomic E-state index is 0.0694. The van der Waals surface area contributed by atoms with Gasteiger partial charge in [0.2, 0.25) is 0 Å². The number of cyclic esters (lactones) is 1. The molecule has 12 heteroatoms. The van der Waals surface area contributed by atoms with Gasteiger partial charge in [-0.25, -0.2) is 18.3 Å². The number of amides is 1. The maximum Gasteiger partial charge on any atom is 0.414 e. The predicted molar refractivity (Wildman–Crippen MR) is 121 cm³/mol. The van der Waals surface area contributed by atoms with Crippen molar-refractivity contribution in [1.29, 1.82) is 0 Å². The lowest BCUT2D eigenvalue weighted by atomic mass is 10.2. The Labute approximate surface area is 194 Å². The largest absolute Gasteiger partial charge is 0.443 e. The second-order valence-corrected chi connectivity index (χ2v) is 10.9. The molecule has 1 amide bonds. The SMILES string of the molecule is O=C1O[C@@H](Cn2ccnn2)CN1c1cc(F)c(N2CCP(=O)(Oc3ccccc3)CC2)c(F)c1. The molecule has 2 aromatic carbocycles. The highest BCUT2D eigenvalue weighted by Gasteiger charge is 2.36. The molecule has 0 unspecified atom stereocenters. The van der Waals surface area contributed by atoms with Gasteiger partial charge in [0.15, 0.2) is 11.6 Å². The van der Waals surface area contributed by atoms with Crippen LogP contribution in [-0.2, 0) is 15.8 Å². The highest BCUT2D eigenvalue weighted by atomic mass is 31.2. The Hall–Kier alpha value is -3.46. The van der Waals surface area contributed by atoms with Crippen molar-refractivity contribution in [1.82, 2.24) is 15.0 Å². The molecular weight excluding hydrogens is 467 g/mol. The van der Waals surface area contributed by atoms with Gasteiger partial charge in [-0.2, -0.15) is 0 Å². The summed E-state index contributed by atoms with van der Waals surface area (Å²) in [4.78, 5) is 15.0. The number of nitrogens with zero attached hydrogens (tertiary/aromatic N) is 5. The highest BCUT2D eigenvalue weighted by molar-refractivity contribution is 7.59. The van der Waals surface area contributed by atoms with E-state index in [2.05, 4.69) is 10.3 Å². The second-order valence-electron chi connectivity index (χ2n) is 8.15. The van der Waals surface area contributed by atoms with Crippen LogP contribution < -0.4 is 14.3 Å². The maximum atomic E-state index is 15.0. The number of carbonyl (C=O) groups is 1. The molecule has 2 saturated heterocycles. The predicted octanol–water partition coefficient (Wildman–Crippen LogP) is 3.76. The third kappa shape index (κ3) is 4.61. The number of carbonyl (C=O) groups excluding carboxylic acids is 1. The Morgan fingerprint density at radius 3 is 2.47 bits per heavy atom. The fourth-order valence-corrected chi connectivity index (χ4v) is 6.14. The molecule has 0 N–H and O–H groups in total. The second kappa shape index (κ2) is 9.06. The smallest absolute Gasteiger partial charge is 0.414 e. The lowest BCUT2D eigenvalue weighted by Crippen LogP contribution is -2.37. The standard InChI is InChI=1S/C22H22F2N5O4P/c23-19-12-16(29-15-18(32-22(29)30)14-28-7-6-25-26-28)13-20(24)21(19)27-8-10-34(31,11-9-27)33-17-4-2-1-3-5-17/h1-7,12-13,18H,8-11,14-15H2/t18-/m0/s1. The Morgan fingerprint density at radius 2 is 1.82 bits per heavy atom. The molecule has 9 nitrogen and oxygen atoms in total. The van der Waals surface area contributed by atoms with Crippen molar-refractivity contribution < 1.29 is 27.4 Å². The lowest BCUT2D eigenvalue weighted by molar-refractivity contribution is 0.129. The van der Waals surface area contributed by atoms with Crippen molar-refractivity contribution in [3.63, 3.8) is 0 Å². The normalized spacial score (nSPS) is 19.8. The van der Waals surface area contributed by atoms with E-state index in [1.807, 2.05) is 6.07 Å². The van der Waals surface area contributed by atoms with Gasteiger partial charge in [-0.1, -0.05) is 23.4 Å². The van der Waals surface area contributed by atoms with E-state index < -0.39 is 31.2 Å². The number of rotatable bonds is 6. The Bertz CT molecular complexity index is 1190. The Kier molecular flexibility index (Phi) is 5.95. The zero-order valence-corrected chi connectivity index (χ0v) is 19.0. The molecule has 0 spiro atoms. The number of hydrogen-bond acceptors (Lipinski definition) is 7. The van der Waals surface area contributed by atoms with Gasteiger partial charge in [-0.3, -0.25) is 9.46 Å². The van der Waals surface area contributed by atoms with Crippen LogP contribution in [0, 0.1) is 11.6 Å². The van der Waals surface area contributed by atoms with Crippen molar-refractivity contribution in [3.8, 4) is 5.75 Å². The number of para-hydroxylation sites is 1. The number of ether oxygens (including phenoxy) is 1. The number of anilines is 2. The lowest BCUT2D eigenvalue weighted by Gasteiger charge is -2.34. The molecule has 0 aliphatic carbocycles. The summed E-state index contributed by atoms with van der Waals surface area (Å²) in [5.74, 6) is -1.09. The summed E-state index contributed by atoms with van der Waals surface area (Å²) in [6, 6.07) is 11.1. The topological polar surface area (TPSA) is 89.8 Å². The van der Waals surface area contributed by atoms with Crippen LogP contribution in [0.3, 0.4) is 0 Å². The van der Waals surface area contributed by atoms with Crippen molar-refractivity contribution in [2.45, 2.75) is 12.6 Å². The first-order valence-electron chi connectivity index (χ1n) is 10.8. The van der Waals surface area contributed by atoms with Crippen molar-refractivity contribution >= 4 is 24.8 Å². The first-order valence-corrected chi connectivity index (χ1v) is 12.8. The van der Waals surface area contributed by atoms with E-state index >= 15 is 8.78 Å². The summed E-state index contributed by atoms with van der Waals surface area (Å²) in [7, 11) is -2.96. The molecule has 2 fully saturated rings. The van der Waals surface area contributed by atoms with E-state index in [9.17, 15) is 9.36 Å². The summed E-state index contributed by atoms with van der Waals surface area (Å²) in [6.45, 7) is 0.775. The molecule has 34 heavy (non-hydrogen) atoms. The van der Waals surface area contributed by atoms with E-state index in [0.717, 1.165) is 12.1 Å². The average Bonchev–Trinajstić information content (AvgIpc) is 3.45.